The van der Waals surface area contributed by atoms with Gasteiger partial charge in [0.15, 0.2) is 0 Å². The fraction of sp³-hybridized carbons (Fsp3) is 0.923. The van der Waals surface area contributed by atoms with Gasteiger partial charge in [-0.05, 0) is 42.9 Å². The number of ketones is 1. The highest BCUT2D eigenvalue weighted by atomic mass is 127. The molecule has 2 aliphatic carbocycles. The highest BCUT2D eigenvalue weighted by molar-refractivity contribution is 14.1. The van der Waals surface area contributed by atoms with Crippen molar-refractivity contribution in [2.24, 2.45) is 23.2 Å². The number of carbonyl (C=O) groups excluding carboxylic acids is 1. The summed E-state index contributed by atoms with van der Waals surface area (Å²) in [7, 11) is 0. The van der Waals surface area contributed by atoms with Crippen molar-refractivity contribution in [1.82, 2.24) is 0 Å². The molecule has 2 fully saturated rings. The predicted octanol–water partition coefficient (Wildman–Crippen LogP) is 3.84. The lowest BCUT2D eigenvalue weighted by molar-refractivity contribution is -0.129. The highest BCUT2D eigenvalue weighted by Crippen LogP contribution is 2.56. The van der Waals surface area contributed by atoms with Crippen LogP contribution in [0.1, 0.15) is 46.0 Å². The summed E-state index contributed by atoms with van der Waals surface area (Å²) >= 11 is 2.49. The monoisotopic (exact) mass is 320 g/mol. The van der Waals surface area contributed by atoms with Gasteiger partial charge < -0.3 is 0 Å². The Morgan fingerprint density at radius 3 is 2.93 bits per heavy atom. The molecule has 1 nitrogen and oxygen atoms in total. The lowest BCUT2D eigenvalue weighted by Crippen LogP contribution is -2.39. The molecular weight excluding hydrogens is 299 g/mol. The third-order valence-corrected chi connectivity index (χ3v) is 6.26. The first-order chi connectivity index (χ1) is 7.09. The number of hydrogen-bond acceptors (Lipinski definition) is 1. The molecule has 0 aromatic carbocycles. The Hall–Kier alpha value is 0.400. The van der Waals surface area contributed by atoms with Crippen LogP contribution < -0.4 is 0 Å². The molecule has 0 aliphatic heterocycles. The third-order valence-electron chi connectivity index (χ3n) is 4.87. The molecule has 2 rings (SSSR count). The summed E-state index contributed by atoms with van der Waals surface area (Å²) in [5.41, 5.74) is 0.347. The number of rotatable bonds is 2. The minimum Gasteiger partial charge on any atom is -0.299 e. The normalized spacial score (nSPS) is 42.7. The number of fused-ring (bicyclic) bond motifs is 1. The van der Waals surface area contributed by atoms with Gasteiger partial charge in [-0.2, -0.15) is 0 Å². The van der Waals surface area contributed by atoms with E-state index in [1.807, 2.05) is 0 Å². The van der Waals surface area contributed by atoms with Crippen LogP contribution in [0, 0.1) is 23.2 Å². The average molecular weight is 320 g/mol. The van der Waals surface area contributed by atoms with Crippen molar-refractivity contribution in [3.05, 3.63) is 0 Å². The van der Waals surface area contributed by atoms with Crippen molar-refractivity contribution in [1.29, 1.82) is 0 Å². The number of alkyl halides is 1. The van der Waals surface area contributed by atoms with E-state index in [0.717, 1.165) is 24.7 Å². The zero-order chi connectivity index (χ0) is 11.1. The van der Waals surface area contributed by atoms with Crippen LogP contribution in [0.5, 0.6) is 0 Å². The van der Waals surface area contributed by atoms with Crippen molar-refractivity contribution in [2.45, 2.75) is 46.0 Å². The molecule has 0 aromatic rings. The Kier molecular flexibility index (Phi) is 3.44. The van der Waals surface area contributed by atoms with Crippen LogP contribution in [0.25, 0.3) is 0 Å². The third kappa shape index (κ3) is 1.87. The molecule has 0 aromatic heterocycles. The zero-order valence-corrected chi connectivity index (χ0v) is 11.9. The largest absolute Gasteiger partial charge is 0.299 e. The van der Waals surface area contributed by atoms with E-state index in [4.69, 9.17) is 0 Å². The van der Waals surface area contributed by atoms with Gasteiger partial charge in [0, 0.05) is 16.8 Å². The van der Waals surface area contributed by atoms with Gasteiger partial charge in [0.1, 0.15) is 5.78 Å². The first-order valence-electron chi connectivity index (χ1n) is 6.18. The van der Waals surface area contributed by atoms with E-state index in [1.165, 1.54) is 23.7 Å². The molecule has 0 radical (unpaired) electrons. The van der Waals surface area contributed by atoms with Crippen LogP contribution in [0.15, 0.2) is 0 Å². The van der Waals surface area contributed by atoms with Gasteiger partial charge in [-0.25, -0.2) is 0 Å². The van der Waals surface area contributed by atoms with E-state index in [1.54, 1.807) is 0 Å². The van der Waals surface area contributed by atoms with Crippen molar-refractivity contribution in [3.8, 4) is 0 Å². The fourth-order valence-electron chi connectivity index (χ4n) is 4.01. The molecule has 0 unspecified atom stereocenters. The molecule has 86 valence electrons. The second kappa shape index (κ2) is 4.34. The van der Waals surface area contributed by atoms with Gasteiger partial charge in [0.25, 0.3) is 0 Å². The molecule has 0 amide bonds. The van der Waals surface area contributed by atoms with Crippen LogP contribution in [-0.2, 0) is 4.79 Å². The minimum absolute atomic E-state index is 0.347. The molecule has 2 aliphatic rings. The van der Waals surface area contributed by atoms with Crippen LogP contribution in [0.4, 0.5) is 0 Å². The fourth-order valence-corrected chi connectivity index (χ4v) is 4.63. The Morgan fingerprint density at radius 1 is 1.53 bits per heavy atom. The van der Waals surface area contributed by atoms with Crippen LogP contribution in [-0.4, -0.2) is 10.2 Å². The van der Waals surface area contributed by atoms with E-state index < -0.39 is 0 Å². The molecule has 15 heavy (non-hydrogen) atoms. The maximum absolute atomic E-state index is 11.9. The molecule has 2 saturated carbocycles. The molecule has 4 atom stereocenters. The van der Waals surface area contributed by atoms with Gasteiger partial charge in [0.05, 0.1) is 0 Å². The Bertz CT molecular complexity index is 263. The summed E-state index contributed by atoms with van der Waals surface area (Å²) in [5, 5.41) is 0. The van der Waals surface area contributed by atoms with Gasteiger partial charge in [-0.3, -0.25) is 4.79 Å². The SMILES string of the molecule is C[C@H](CI)[C@H]1CC[C@H]2C(=O)CCC[C@]12C. The van der Waals surface area contributed by atoms with Crippen molar-refractivity contribution >= 4 is 28.4 Å². The molecule has 0 saturated heterocycles. The van der Waals surface area contributed by atoms with E-state index in [-0.39, 0.29) is 0 Å². The number of Topliss-reactive ketones (excluding diaryl/α,β-unsaturated/α-hetero) is 1. The topological polar surface area (TPSA) is 17.1 Å². The molecular formula is C13H21IO. The second-order valence-corrected chi connectivity index (χ2v) is 6.57. The second-order valence-electron chi connectivity index (χ2n) is 5.69. The summed E-state index contributed by atoms with van der Waals surface area (Å²) in [6.45, 7) is 4.75. The van der Waals surface area contributed by atoms with E-state index in [0.29, 0.717) is 17.1 Å². The molecule has 2 heteroatoms. The van der Waals surface area contributed by atoms with Gasteiger partial charge in [-0.15, -0.1) is 0 Å². The van der Waals surface area contributed by atoms with Crippen molar-refractivity contribution in [3.63, 3.8) is 0 Å². The first-order valence-corrected chi connectivity index (χ1v) is 7.71. The minimum atomic E-state index is 0.347. The predicted molar refractivity (Wildman–Crippen MR) is 71.2 cm³/mol. The summed E-state index contributed by atoms with van der Waals surface area (Å²) in [4.78, 5) is 11.9. The average Bonchev–Trinajstić information content (AvgIpc) is 2.56. The summed E-state index contributed by atoms with van der Waals surface area (Å²) in [5.74, 6) is 2.55. The number of halogens is 1. The number of carbonyl (C=O) groups is 1. The first kappa shape index (κ1) is 11.9. The van der Waals surface area contributed by atoms with Crippen molar-refractivity contribution in [2.75, 3.05) is 4.43 Å². The highest BCUT2D eigenvalue weighted by Gasteiger charge is 2.51. The van der Waals surface area contributed by atoms with Gasteiger partial charge >= 0.3 is 0 Å². The zero-order valence-electron chi connectivity index (χ0n) is 9.76. The van der Waals surface area contributed by atoms with Crippen LogP contribution in [0.2, 0.25) is 0 Å². The van der Waals surface area contributed by atoms with Crippen molar-refractivity contribution < 1.29 is 4.79 Å². The van der Waals surface area contributed by atoms with E-state index in [9.17, 15) is 4.79 Å². The number of hydrogen-bond donors (Lipinski definition) is 0. The summed E-state index contributed by atoms with van der Waals surface area (Å²) in [6, 6.07) is 0. The van der Waals surface area contributed by atoms with Crippen LogP contribution >= 0.6 is 22.6 Å². The maximum atomic E-state index is 11.9. The molecule has 0 spiro atoms. The lowest BCUT2D eigenvalue weighted by atomic mass is 9.62. The molecule has 0 heterocycles. The molecule has 0 bridgehead atoms. The van der Waals surface area contributed by atoms with E-state index in [2.05, 4.69) is 36.4 Å². The Labute approximate surface area is 107 Å². The maximum Gasteiger partial charge on any atom is 0.136 e. The summed E-state index contributed by atoms with van der Waals surface area (Å²) in [6.07, 6.45) is 5.73. The Balaban J connectivity index is 2.21. The Morgan fingerprint density at radius 2 is 2.27 bits per heavy atom. The van der Waals surface area contributed by atoms with E-state index >= 15 is 0 Å². The molecule has 0 N–H and O–H groups in total. The smallest absolute Gasteiger partial charge is 0.136 e. The van der Waals surface area contributed by atoms with Gasteiger partial charge in [0.2, 0.25) is 0 Å². The lowest BCUT2D eigenvalue weighted by Gasteiger charge is -2.41. The standard InChI is InChI=1S/C13H21IO/c1-9(8-14)10-5-6-11-12(15)4-3-7-13(10,11)2/h9-11H,3-8H2,1-2H3/t9-,10-,11+,13-/m1/s1. The van der Waals surface area contributed by atoms with Crippen LogP contribution in [0.3, 0.4) is 0 Å². The quantitative estimate of drug-likeness (QED) is 0.558. The summed E-state index contributed by atoms with van der Waals surface area (Å²) < 4.78 is 1.24. The van der Waals surface area contributed by atoms with Gasteiger partial charge in [-0.1, -0.05) is 36.4 Å².